The normalized spacial score (nSPS) is 12.7. The van der Waals surface area contributed by atoms with Gasteiger partial charge in [-0.1, -0.05) is 24.3 Å². The number of anilines is 4. The number of benzene rings is 6. The van der Waals surface area contributed by atoms with Crippen LogP contribution in [0.15, 0.2) is 141 Å². The largest absolute Gasteiger partial charge is 0.463 e. The predicted octanol–water partition coefficient (Wildman–Crippen LogP) is 7.04. The van der Waals surface area contributed by atoms with Crippen molar-refractivity contribution in [1.29, 1.82) is 0 Å². The van der Waals surface area contributed by atoms with Crippen molar-refractivity contribution >= 4 is 42.4 Å². The molecule has 0 bridgehead atoms. The lowest BCUT2D eigenvalue weighted by atomic mass is 9.96. The molecule has 2 atom stereocenters. The summed E-state index contributed by atoms with van der Waals surface area (Å²) < 4.78 is 64.6. The standard InChI is InChI=1S/C44H46N4O8S2/c1-27-17-31(18-28(2)43(27)55-41(49)25-47-35-11-7-15-39(23-35)57(51,52)37-13-5-9-33(45)21-37)32-19-29(3)44(30(4)20-32)56-42(50)26-48-36-12-8-16-40(24-36)58(53,54)38-14-6-10-34(46)22-38/h5-24,41-42,47-50H,25-26,45-46H2,1-4H3. The summed E-state index contributed by atoms with van der Waals surface area (Å²) in [4.78, 5) is 0.355. The smallest absolute Gasteiger partial charge is 0.214 e. The van der Waals surface area contributed by atoms with Gasteiger partial charge in [-0.05, 0) is 158 Å². The number of sulfone groups is 2. The van der Waals surface area contributed by atoms with Crippen LogP contribution in [0.25, 0.3) is 11.1 Å². The third-order valence-corrected chi connectivity index (χ3v) is 12.8. The van der Waals surface area contributed by atoms with Gasteiger partial charge in [0.05, 0.1) is 32.7 Å². The zero-order valence-electron chi connectivity index (χ0n) is 32.4. The fourth-order valence-electron chi connectivity index (χ4n) is 6.55. The van der Waals surface area contributed by atoms with E-state index in [1.165, 1.54) is 48.5 Å². The van der Waals surface area contributed by atoms with E-state index in [0.717, 1.165) is 33.4 Å². The molecule has 8 N–H and O–H groups in total. The summed E-state index contributed by atoms with van der Waals surface area (Å²) >= 11 is 0. The monoisotopic (exact) mass is 822 g/mol. The first-order valence-corrected chi connectivity index (χ1v) is 21.3. The molecule has 2 unspecified atom stereocenters. The van der Waals surface area contributed by atoms with E-state index in [-0.39, 0.29) is 32.7 Å². The van der Waals surface area contributed by atoms with Crippen LogP contribution in [0.5, 0.6) is 11.5 Å². The summed E-state index contributed by atoms with van der Waals surface area (Å²) in [5.74, 6) is 1.04. The average molecular weight is 823 g/mol. The number of aliphatic hydroxyl groups excluding tert-OH is 2. The quantitative estimate of drug-likeness (QED) is 0.0456. The van der Waals surface area contributed by atoms with Gasteiger partial charge in [0.1, 0.15) is 11.5 Å². The summed E-state index contributed by atoms with van der Waals surface area (Å²) in [6, 6.07) is 32.7. The zero-order chi connectivity index (χ0) is 41.8. The molecule has 0 amide bonds. The van der Waals surface area contributed by atoms with Crippen LogP contribution in [0.4, 0.5) is 22.7 Å². The number of hydrogen-bond donors (Lipinski definition) is 6. The van der Waals surface area contributed by atoms with Crippen molar-refractivity contribution in [2.45, 2.75) is 59.9 Å². The van der Waals surface area contributed by atoms with Gasteiger partial charge in [0.15, 0.2) is 0 Å². The van der Waals surface area contributed by atoms with Gasteiger partial charge in [0.25, 0.3) is 0 Å². The van der Waals surface area contributed by atoms with Crippen LogP contribution in [-0.4, -0.2) is 52.7 Å². The molecule has 58 heavy (non-hydrogen) atoms. The van der Waals surface area contributed by atoms with Crippen LogP contribution in [-0.2, 0) is 19.7 Å². The Morgan fingerprint density at radius 2 is 0.810 bits per heavy atom. The van der Waals surface area contributed by atoms with E-state index in [1.54, 1.807) is 48.5 Å². The van der Waals surface area contributed by atoms with Crippen LogP contribution in [0.3, 0.4) is 0 Å². The lowest BCUT2D eigenvalue weighted by Crippen LogP contribution is -2.26. The Hall–Kier alpha value is -6.06. The molecule has 0 aliphatic heterocycles. The SMILES string of the molecule is Cc1cc(-c2cc(C)c(OC(O)CNc3cccc(S(=O)(=O)c4cccc(N)c4)c3)c(C)c2)cc(C)c1OC(O)CNc1cccc(S(=O)(=O)c2cccc(N)c2)c1. The Labute approximate surface area is 338 Å². The van der Waals surface area contributed by atoms with Crippen molar-refractivity contribution < 1.29 is 36.5 Å². The summed E-state index contributed by atoms with van der Waals surface area (Å²) in [6.45, 7) is 7.53. The Bertz CT molecular complexity index is 2460. The van der Waals surface area contributed by atoms with E-state index < -0.39 is 32.3 Å². The lowest BCUT2D eigenvalue weighted by Gasteiger charge is -2.21. The third kappa shape index (κ3) is 9.55. The van der Waals surface area contributed by atoms with Crippen molar-refractivity contribution in [3.8, 4) is 22.6 Å². The highest BCUT2D eigenvalue weighted by Crippen LogP contribution is 2.35. The predicted molar refractivity (Wildman–Crippen MR) is 227 cm³/mol. The number of hydrogen-bond acceptors (Lipinski definition) is 12. The molecular formula is C44H46N4O8S2. The molecule has 0 saturated carbocycles. The number of aryl methyl sites for hydroxylation is 4. The number of rotatable bonds is 15. The van der Waals surface area contributed by atoms with E-state index in [1.807, 2.05) is 52.0 Å². The Balaban J connectivity index is 1.07. The fraction of sp³-hybridized carbons (Fsp3) is 0.182. The summed E-state index contributed by atoms with van der Waals surface area (Å²) in [6.07, 6.45) is -2.49. The molecule has 0 saturated heterocycles. The highest BCUT2D eigenvalue weighted by Gasteiger charge is 2.21. The molecule has 12 nitrogen and oxygen atoms in total. The van der Waals surface area contributed by atoms with Crippen LogP contribution in [0.1, 0.15) is 22.3 Å². The number of nitrogen functional groups attached to an aromatic ring is 2. The number of aliphatic hydroxyl groups is 2. The van der Waals surface area contributed by atoms with Gasteiger partial charge in [0, 0.05) is 22.7 Å². The molecule has 0 aliphatic carbocycles. The minimum absolute atomic E-state index is 0.0118. The topological polar surface area (TPSA) is 203 Å². The Morgan fingerprint density at radius 3 is 1.14 bits per heavy atom. The second-order valence-electron chi connectivity index (χ2n) is 14.0. The average Bonchev–Trinajstić information content (AvgIpc) is 3.19. The first kappa shape index (κ1) is 41.6. The van der Waals surface area contributed by atoms with E-state index in [4.69, 9.17) is 20.9 Å². The highest BCUT2D eigenvalue weighted by atomic mass is 32.2. The van der Waals surface area contributed by atoms with E-state index in [0.29, 0.717) is 34.2 Å². The number of nitrogens with one attached hydrogen (secondary N) is 2. The molecular weight excluding hydrogens is 777 g/mol. The van der Waals surface area contributed by atoms with Crippen molar-refractivity contribution in [3.05, 3.63) is 144 Å². The first-order valence-electron chi connectivity index (χ1n) is 18.3. The van der Waals surface area contributed by atoms with Gasteiger partial charge < -0.3 is 41.8 Å². The van der Waals surface area contributed by atoms with Crippen molar-refractivity contribution in [2.75, 3.05) is 35.2 Å². The molecule has 0 spiro atoms. The first-order chi connectivity index (χ1) is 27.5. The Morgan fingerprint density at radius 1 is 0.500 bits per heavy atom. The molecule has 0 fully saturated rings. The summed E-state index contributed by atoms with van der Waals surface area (Å²) in [5, 5.41) is 27.8. The van der Waals surface area contributed by atoms with Crippen molar-refractivity contribution in [2.24, 2.45) is 0 Å². The summed E-state index contributed by atoms with van der Waals surface area (Å²) in [5.41, 5.74) is 18.3. The number of nitrogens with two attached hydrogens (primary N) is 2. The minimum Gasteiger partial charge on any atom is -0.463 e. The van der Waals surface area contributed by atoms with Gasteiger partial charge in [-0.25, -0.2) is 16.8 Å². The van der Waals surface area contributed by atoms with E-state index in [2.05, 4.69) is 10.6 Å². The van der Waals surface area contributed by atoms with Crippen molar-refractivity contribution in [3.63, 3.8) is 0 Å². The molecule has 0 aliphatic rings. The van der Waals surface area contributed by atoms with E-state index >= 15 is 0 Å². The van der Waals surface area contributed by atoms with Gasteiger partial charge >= 0.3 is 0 Å². The number of ether oxygens (including phenoxy) is 2. The minimum atomic E-state index is -3.80. The van der Waals surface area contributed by atoms with Crippen LogP contribution >= 0.6 is 0 Å². The van der Waals surface area contributed by atoms with Crippen LogP contribution in [0.2, 0.25) is 0 Å². The third-order valence-electron chi connectivity index (χ3n) is 9.35. The molecule has 14 heteroatoms. The molecule has 6 rings (SSSR count). The second-order valence-corrected chi connectivity index (χ2v) is 17.9. The second kappa shape index (κ2) is 17.2. The van der Waals surface area contributed by atoms with Crippen molar-refractivity contribution in [1.82, 2.24) is 0 Å². The van der Waals surface area contributed by atoms with Gasteiger partial charge in [-0.2, -0.15) is 0 Å². The fourth-order valence-corrected chi connectivity index (χ4v) is 9.28. The molecule has 0 heterocycles. The van der Waals surface area contributed by atoms with E-state index in [9.17, 15) is 27.0 Å². The maximum Gasteiger partial charge on any atom is 0.214 e. The zero-order valence-corrected chi connectivity index (χ0v) is 34.1. The highest BCUT2D eigenvalue weighted by molar-refractivity contribution is 7.91. The molecule has 6 aromatic carbocycles. The van der Waals surface area contributed by atoms with Crippen LogP contribution in [0, 0.1) is 27.7 Å². The molecule has 6 aromatic rings. The maximum absolute atomic E-state index is 13.2. The lowest BCUT2D eigenvalue weighted by molar-refractivity contribution is -0.00667. The Kier molecular flexibility index (Phi) is 12.3. The van der Waals surface area contributed by atoms with Gasteiger partial charge in [-0.3, -0.25) is 0 Å². The molecule has 302 valence electrons. The summed E-state index contributed by atoms with van der Waals surface area (Å²) in [7, 11) is -7.60. The maximum atomic E-state index is 13.2. The molecule has 0 radical (unpaired) electrons. The molecule has 0 aromatic heterocycles. The van der Waals surface area contributed by atoms with Gasteiger partial charge in [0.2, 0.25) is 32.3 Å². The van der Waals surface area contributed by atoms with Gasteiger partial charge in [-0.15, -0.1) is 0 Å². The van der Waals surface area contributed by atoms with Crippen LogP contribution < -0.4 is 31.6 Å².